The van der Waals surface area contributed by atoms with E-state index in [1.807, 2.05) is 13.8 Å². The molecule has 0 aliphatic rings. The number of nitrogens with one attached hydrogen (secondary N) is 1. The van der Waals surface area contributed by atoms with Gasteiger partial charge in [-0.15, -0.1) is 0 Å². The number of carbonyl (C=O) groups excluding carboxylic acids is 1. The second-order valence-corrected chi connectivity index (χ2v) is 4.35. The summed E-state index contributed by atoms with van der Waals surface area (Å²) in [4.78, 5) is 11.6. The van der Waals surface area contributed by atoms with Crippen LogP contribution in [0.15, 0.2) is 16.5 Å². The molecule has 5 heteroatoms. The lowest BCUT2D eigenvalue weighted by Gasteiger charge is -2.21. The number of hydrogen-bond donors (Lipinski definition) is 1. The van der Waals surface area contributed by atoms with Crippen LogP contribution in [0.4, 0.5) is 0 Å². The van der Waals surface area contributed by atoms with Crippen molar-refractivity contribution >= 4 is 17.6 Å². The predicted molar refractivity (Wildman–Crippen MR) is 65.8 cm³/mol. The highest BCUT2D eigenvalue weighted by molar-refractivity contribution is 6.28. The lowest BCUT2D eigenvalue weighted by molar-refractivity contribution is -0.144. The van der Waals surface area contributed by atoms with E-state index in [0.717, 1.165) is 6.42 Å². The minimum Gasteiger partial charge on any atom is -0.468 e. The van der Waals surface area contributed by atoms with E-state index in [0.29, 0.717) is 17.5 Å². The van der Waals surface area contributed by atoms with E-state index in [9.17, 15) is 4.79 Å². The minimum absolute atomic E-state index is 0.202. The van der Waals surface area contributed by atoms with Crippen molar-refractivity contribution in [3.63, 3.8) is 0 Å². The largest absolute Gasteiger partial charge is 0.468 e. The second kappa shape index (κ2) is 6.67. The summed E-state index contributed by atoms with van der Waals surface area (Å²) < 4.78 is 9.98. The zero-order chi connectivity index (χ0) is 12.8. The molecule has 1 N–H and O–H groups in total. The van der Waals surface area contributed by atoms with Crippen LogP contribution in [0, 0.1) is 5.92 Å². The summed E-state index contributed by atoms with van der Waals surface area (Å²) >= 11 is 5.67. The Morgan fingerprint density at radius 1 is 1.59 bits per heavy atom. The highest BCUT2D eigenvalue weighted by Gasteiger charge is 2.24. The number of halogens is 1. The molecule has 0 radical (unpaired) electrons. The first kappa shape index (κ1) is 14.1. The molecule has 2 unspecified atom stereocenters. The maximum Gasteiger partial charge on any atom is 0.323 e. The summed E-state index contributed by atoms with van der Waals surface area (Å²) in [5, 5.41) is 3.47. The number of ether oxygens (including phenoxy) is 1. The molecule has 0 aliphatic heterocycles. The second-order valence-electron chi connectivity index (χ2n) is 3.97. The van der Waals surface area contributed by atoms with E-state index in [4.69, 9.17) is 20.8 Å². The van der Waals surface area contributed by atoms with Gasteiger partial charge in [0.1, 0.15) is 11.8 Å². The van der Waals surface area contributed by atoms with Crippen molar-refractivity contribution in [2.45, 2.75) is 32.9 Å². The topological polar surface area (TPSA) is 51.5 Å². The third-order valence-electron chi connectivity index (χ3n) is 2.79. The summed E-state index contributed by atoms with van der Waals surface area (Å²) in [6.45, 7) is 4.49. The fraction of sp³-hybridized carbons (Fsp3) is 0.583. The number of hydrogen-bond acceptors (Lipinski definition) is 4. The van der Waals surface area contributed by atoms with Gasteiger partial charge in [0.2, 0.25) is 0 Å². The molecule has 4 nitrogen and oxygen atoms in total. The van der Waals surface area contributed by atoms with E-state index < -0.39 is 0 Å². The van der Waals surface area contributed by atoms with E-state index in [2.05, 4.69) is 5.32 Å². The zero-order valence-corrected chi connectivity index (χ0v) is 11.1. The van der Waals surface area contributed by atoms with Gasteiger partial charge in [-0.1, -0.05) is 20.3 Å². The van der Waals surface area contributed by atoms with Crippen LogP contribution in [0.3, 0.4) is 0 Å². The van der Waals surface area contributed by atoms with Crippen LogP contribution in [0.1, 0.15) is 26.0 Å². The van der Waals surface area contributed by atoms with Crippen LogP contribution in [0.2, 0.25) is 5.22 Å². The van der Waals surface area contributed by atoms with E-state index in [-0.39, 0.29) is 17.9 Å². The first-order chi connectivity index (χ1) is 8.08. The van der Waals surface area contributed by atoms with Gasteiger partial charge < -0.3 is 9.15 Å². The van der Waals surface area contributed by atoms with Crippen molar-refractivity contribution in [3.05, 3.63) is 23.1 Å². The Bertz CT molecular complexity index is 364. The van der Waals surface area contributed by atoms with Crippen LogP contribution < -0.4 is 5.32 Å². The third kappa shape index (κ3) is 4.06. The summed E-state index contributed by atoms with van der Waals surface area (Å²) in [5.41, 5.74) is 0. The van der Waals surface area contributed by atoms with Gasteiger partial charge in [-0.2, -0.15) is 0 Å². The van der Waals surface area contributed by atoms with Gasteiger partial charge in [0.25, 0.3) is 0 Å². The Morgan fingerprint density at radius 2 is 2.29 bits per heavy atom. The monoisotopic (exact) mass is 259 g/mol. The number of furan rings is 1. The van der Waals surface area contributed by atoms with Crippen molar-refractivity contribution in [1.82, 2.24) is 5.32 Å². The van der Waals surface area contributed by atoms with Gasteiger partial charge in [-0.25, -0.2) is 0 Å². The van der Waals surface area contributed by atoms with Gasteiger partial charge in [0, 0.05) is 0 Å². The van der Waals surface area contributed by atoms with Crippen molar-refractivity contribution in [2.24, 2.45) is 5.92 Å². The zero-order valence-electron chi connectivity index (χ0n) is 10.3. The molecular weight excluding hydrogens is 242 g/mol. The first-order valence-corrected chi connectivity index (χ1v) is 6.01. The van der Waals surface area contributed by atoms with Crippen molar-refractivity contribution in [3.8, 4) is 0 Å². The Labute approximate surface area is 106 Å². The van der Waals surface area contributed by atoms with Crippen LogP contribution in [-0.4, -0.2) is 19.1 Å². The summed E-state index contributed by atoms with van der Waals surface area (Å²) in [6.07, 6.45) is 0.895. The average molecular weight is 260 g/mol. The lowest BCUT2D eigenvalue weighted by Crippen LogP contribution is -2.42. The Balaban J connectivity index is 2.57. The predicted octanol–water partition coefficient (Wildman–Crippen LogP) is 2.61. The van der Waals surface area contributed by atoms with E-state index in [1.54, 1.807) is 12.1 Å². The van der Waals surface area contributed by atoms with Crippen LogP contribution in [0.25, 0.3) is 0 Å². The number of rotatable bonds is 6. The molecule has 0 bridgehead atoms. The molecule has 0 amide bonds. The molecule has 1 heterocycles. The molecule has 2 atom stereocenters. The van der Waals surface area contributed by atoms with E-state index in [1.165, 1.54) is 7.11 Å². The molecule has 0 saturated heterocycles. The molecule has 0 saturated carbocycles. The lowest BCUT2D eigenvalue weighted by atomic mass is 9.99. The molecule has 0 spiro atoms. The molecule has 1 aromatic heterocycles. The summed E-state index contributed by atoms with van der Waals surface area (Å²) in [6, 6.07) is 3.13. The van der Waals surface area contributed by atoms with Crippen molar-refractivity contribution < 1.29 is 13.9 Å². The molecule has 0 aliphatic carbocycles. The fourth-order valence-electron chi connectivity index (χ4n) is 1.54. The van der Waals surface area contributed by atoms with Gasteiger partial charge >= 0.3 is 5.97 Å². The fourth-order valence-corrected chi connectivity index (χ4v) is 1.70. The van der Waals surface area contributed by atoms with Crippen LogP contribution >= 0.6 is 11.6 Å². The SMILES string of the molecule is CCC(C)C(NCc1ccc(Cl)o1)C(=O)OC. The highest BCUT2D eigenvalue weighted by atomic mass is 35.5. The first-order valence-electron chi connectivity index (χ1n) is 5.63. The smallest absolute Gasteiger partial charge is 0.323 e. The molecule has 0 fully saturated rings. The standard InChI is InChI=1S/C12H18ClNO3/c1-4-8(2)11(12(15)16-3)14-7-9-5-6-10(13)17-9/h5-6,8,11,14H,4,7H2,1-3H3. The van der Waals surface area contributed by atoms with E-state index >= 15 is 0 Å². The van der Waals surface area contributed by atoms with Gasteiger partial charge in [0.05, 0.1) is 13.7 Å². The average Bonchev–Trinajstić information content (AvgIpc) is 2.74. The Hall–Kier alpha value is -1.00. The van der Waals surface area contributed by atoms with Crippen molar-refractivity contribution in [1.29, 1.82) is 0 Å². The van der Waals surface area contributed by atoms with Gasteiger partial charge in [-0.05, 0) is 29.7 Å². The van der Waals surface area contributed by atoms with Crippen molar-refractivity contribution in [2.75, 3.05) is 7.11 Å². The Morgan fingerprint density at radius 3 is 2.76 bits per heavy atom. The number of methoxy groups -OCH3 is 1. The molecule has 96 valence electrons. The molecule has 1 rings (SSSR count). The third-order valence-corrected chi connectivity index (χ3v) is 3.00. The number of esters is 1. The minimum atomic E-state index is -0.325. The highest BCUT2D eigenvalue weighted by Crippen LogP contribution is 2.14. The molecule has 17 heavy (non-hydrogen) atoms. The quantitative estimate of drug-likeness (QED) is 0.798. The normalized spacial score (nSPS) is 14.4. The molecule has 1 aromatic rings. The van der Waals surface area contributed by atoms with Crippen LogP contribution in [-0.2, 0) is 16.1 Å². The molecular formula is C12H18ClNO3. The molecule has 0 aromatic carbocycles. The van der Waals surface area contributed by atoms with Gasteiger partial charge in [-0.3, -0.25) is 10.1 Å². The summed E-state index contributed by atoms with van der Waals surface area (Å²) in [7, 11) is 1.39. The Kier molecular flexibility index (Phi) is 5.51. The summed E-state index contributed by atoms with van der Waals surface area (Å²) in [5.74, 6) is 0.650. The maximum atomic E-state index is 11.6. The van der Waals surface area contributed by atoms with Gasteiger partial charge in [0.15, 0.2) is 5.22 Å². The van der Waals surface area contributed by atoms with Crippen LogP contribution in [0.5, 0.6) is 0 Å². The maximum absolute atomic E-state index is 11.6. The number of carbonyl (C=O) groups is 1.